The van der Waals surface area contributed by atoms with Gasteiger partial charge in [-0.3, -0.25) is 9.59 Å². The Morgan fingerprint density at radius 2 is 1.47 bits per heavy atom. The molecule has 0 fully saturated rings. The number of rotatable bonds is 10. The van der Waals surface area contributed by atoms with E-state index in [4.69, 9.17) is 4.74 Å². The first-order valence-electron chi connectivity index (χ1n) is 10.7. The number of ether oxygens (including phenoxy) is 1. The van der Waals surface area contributed by atoms with Gasteiger partial charge >= 0.3 is 0 Å². The van der Waals surface area contributed by atoms with E-state index in [1.165, 1.54) is 5.56 Å². The summed E-state index contributed by atoms with van der Waals surface area (Å²) >= 11 is 0. The largest absolute Gasteiger partial charge is 0.493 e. The first-order chi connectivity index (χ1) is 15.5. The van der Waals surface area contributed by atoms with E-state index in [9.17, 15) is 9.59 Å². The van der Waals surface area contributed by atoms with Crippen molar-refractivity contribution in [3.63, 3.8) is 0 Å². The topological polar surface area (TPSA) is 79.5 Å². The molecule has 3 aromatic carbocycles. The lowest BCUT2D eigenvalue weighted by atomic mass is 10.1. The summed E-state index contributed by atoms with van der Waals surface area (Å²) in [6.07, 6.45) is 1.25. The first-order valence-corrected chi connectivity index (χ1v) is 10.7. The maximum Gasteiger partial charge on any atom is 0.243 e. The number of carbonyl (C=O) groups excluding carboxylic acids is 2. The Labute approximate surface area is 189 Å². The van der Waals surface area contributed by atoms with Crippen LogP contribution in [0.3, 0.4) is 0 Å². The molecule has 0 aromatic heterocycles. The Kier molecular flexibility index (Phi) is 8.26. The predicted molar refractivity (Wildman–Crippen MR) is 129 cm³/mol. The van der Waals surface area contributed by atoms with Crippen LogP contribution in [0, 0.1) is 6.92 Å². The minimum atomic E-state index is -0.171. The van der Waals surface area contributed by atoms with Gasteiger partial charge in [0, 0.05) is 29.9 Å². The van der Waals surface area contributed by atoms with Gasteiger partial charge in [0.25, 0.3) is 0 Å². The van der Waals surface area contributed by atoms with Crippen molar-refractivity contribution < 1.29 is 14.3 Å². The van der Waals surface area contributed by atoms with Crippen LogP contribution in [0.25, 0.3) is 0 Å². The molecule has 2 amide bonds. The quantitative estimate of drug-likeness (QED) is 0.421. The summed E-state index contributed by atoms with van der Waals surface area (Å²) in [5.41, 5.74) is 4.26. The van der Waals surface area contributed by atoms with Crippen molar-refractivity contribution in [3.8, 4) is 5.75 Å². The van der Waals surface area contributed by atoms with Crippen LogP contribution in [0.1, 0.15) is 24.5 Å². The van der Waals surface area contributed by atoms with Crippen LogP contribution in [0.5, 0.6) is 5.75 Å². The second-order valence-corrected chi connectivity index (χ2v) is 7.39. The number of nitrogens with one attached hydrogen (secondary N) is 3. The van der Waals surface area contributed by atoms with E-state index in [1.54, 1.807) is 13.0 Å². The molecule has 0 radical (unpaired) electrons. The van der Waals surface area contributed by atoms with Gasteiger partial charge in [-0.2, -0.15) is 0 Å². The highest BCUT2D eigenvalue weighted by Gasteiger charge is 2.09. The molecule has 0 bridgehead atoms. The minimum Gasteiger partial charge on any atom is -0.493 e. The fourth-order valence-electron chi connectivity index (χ4n) is 3.12. The van der Waals surface area contributed by atoms with Crippen molar-refractivity contribution in [2.24, 2.45) is 0 Å². The van der Waals surface area contributed by atoms with E-state index in [0.717, 1.165) is 23.4 Å². The standard InChI is InChI=1S/C26H29N3O3/c1-3-25(30)28-23-10-7-11-24(19(23)2)29-26(31)18-27-21-12-14-22(15-13-21)32-17-16-20-8-5-4-6-9-20/h4-15,27H,3,16-18H2,1-2H3,(H,28,30)(H,29,31). The van der Waals surface area contributed by atoms with Gasteiger partial charge in [-0.15, -0.1) is 0 Å². The highest BCUT2D eigenvalue weighted by Crippen LogP contribution is 2.23. The van der Waals surface area contributed by atoms with Crippen molar-refractivity contribution in [1.29, 1.82) is 0 Å². The lowest BCUT2D eigenvalue weighted by Crippen LogP contribution is -2.22. The van der Waals surface area contributed by atoms with Gasteiger partial charge in [0.2, 0.25) is 11.8 Å². The van der Waals surface area contributed by atoms with Crippen LogP contribution < -0.4 is 20.7 Å². The Balaban J connectivity index is 1.46. The second kappa shape index (κ2) is 11.6. The van der Waals surface area contributed by atoms with E-state index >= 15 is 0 Å². The molecule has 166 valence electrons. The normalized spacial score (nSPS) is 10.3. The molecule has 0 spiro atoms. The minimum absolute atomic E-state index is 0.0641. The average Bonchev–Trinajstić information content (AvgIpc) is 2.82. The molecule has 3 N–H and O–H groups in total. The van der Waals surface area contributed by atoms with Crippen molar-refractivity contribution in [2.45, 2.75) is 26.7 Å². The van der Waals surface area contributed by atoms with Gasteiger partial charge < -0.3 is 20.7 Å². The Bertz CT molecular complexity index is 1030. The summed E-state index contributed by atoms with van der Waals surface area (Å²) in [5.74, 6) is 0.554. The zero-order valence-corrected chi connectivity index (χ0v) is 18.5. The van der Waals surface area contributed by atoms with Gasteiger partial charge in [-0.1, -0.05) is 43.3 Å². The molecule has 0 atom stereocenters. The summed E-state index contributed by atoms with van der Waals surface area (Å²) in [4.78, 5) is 24.0. The molecule has 0 saturated carbocycles. The Morgan fingerprint density at radius 1 is 0.812 bits per heavy atom. The Morgan fingerprint density at radius 3 is 2.12 bits per heavy atom. The zero-order valence-electron chi connectivity index (χ0n) is 18.5. The number of carbonyl (C=O) groups is 2. The molecule has 0 aliphatic carbocycles. The Hall–Kier alpha value is -3.80. The molecule has 6 nitrogen and oxygen atoms in total. The van der Waals surface area contributed by atoms with Crippen LogP contribution in [0.2, 0.25) is 0 Å². The number of amides is 2. The zero-order chi connectivity index (χ0) is 22.8. The molecule has 32 heavy (non-hydrogen) atoms. The van der Waals surface area contributed by atoms with Crippen molar-refractivity contribution >= 4 is 28.9 Å². The summed E-state index contributed by atoms with van der Waals surface area (Å²) in [7, 11) is 0. The number of anilines is 3. The summed E-state index contributed by atoms with van der Waals surface area (Å²) in [5, 5.41) is 8.84. The van der Waals surface area contributed by atoms with Crippen LogP contribution in [-0.2, 0) is 16.0 Å². The van der Waals surface area contributed by atoms with E-state index in [0.29, 0.717) is 24.4 Å². The van der Waals surface area contributed by atoms with Crippen LogP contribution >= 0.6 is 0 Å². The molecule has 3 rings (SSSR count). The SMILES string of the molecule is CCC(=O)Nc1cccc(NC(=O)CNc2ccc(OCCc3ccccc3)cc2)c1C. The van der Waals surface area contributed by atoms with Crippen molar-refractivity contribution in [1.82, 2.24) is 0 Å². The summed E-state index contributed by atoms with van der Waals surface area (Å²) < 4.78 is 5.79. The monoisotopic (exact) mass is 431 g/mol. The fourth-order valence-corrected chi connectivity index (χ4v) is 3.12. The van der Waals surface area contributed by atoms with Crippen LogP contribution in [-0.4, -0.2) is 25.0 Å². The van der Waals surface area contributed by atoms with Gasteiger partial charge in [0.15, 0.2) is 0 Å². The maximum absolute atomic E-state index is 12.4. The highest BCUT2D eigenvalue weighted by molar-refractivity contribution is 5.97. The van der Waals surface area contributed by atoms with Crippen LogP contribution in [0.15, 0.2) is 72.8 Å². The van der Waals surface area contributed by atoms with Crippen molar-refractivity contribution in [2.75, 3.05) is 29.1 Å². The maximum atomic E-state index is 12.4. The lowest BCUT2D eigenvalue weighted by molar-refractivity contribution is -0.116. The molecule has 0 saturated heterocycles. The van der Waals surface area contributed by atoms with E-state index in [-0.39, 0.29) is 18.4 Å². The number of benzene rings is 3. The van der Waals surface area contributed by atoms with Crippen LogP contribution in [0.4, 0.5) is 17.1 Å². The molecule has 3 aromatic rings. The molecule has 0 aliphatic rings. The third-order valence-electron chi connectivity index (χ3n) is 5.01. The molecule has 0 unspecified atom stereocenters. The van der Waals surface area contributed by atoms with Gasteiger partial charge in [0.1, 0.15) is 5.75 Å². The summed E-state index contributed by atoms with van der Waals surface area (Å²) in [6.45, 7) is 4.39. The average molecular weight is 432 g/mol. The summed E-state index contributed by atoms with van der Waals surface area (Å²) in [6, 6.07) is 23.2. The molecular weight excluding hydrogens is 402 g/mol. The predicted octanol–water partition coefficient (Wildman–Crippen LogP) is 5.02. The first kappa shape index (κ1) is 22.9. The van der Waals surface area contributed by atoms with E-state index in [2.05, 4.69) is 28.1 Å². The number of hydrogen-bond donors (Lipinski definition) is 3. The molecule has 0 heterocycles. The van der Waals surface area contributed by atoms with Gasteiger partial charge in [-0.05, 0) is 54.4 Å². The third-order valence-corrected chi connectivity index (χ3v) is 5.01. The third kappa shape index (κ3) is 6.87. The van der Waals surface area contributed by atoms with Gasteiger partial charge in [0.05, 0.1) is 13.2 Å². The lowest BCUT2D eigenvalue weighted by Gasteiger charge is -2.14. The van der Waals surface area contributed by atoms with E-state index < -0.39 is 0 Å². The fraction of sp³-hybridized carbons (Fsp3) is 0.231. The van der Waals surface area contributed by atoms with Crippen molar-refractivity contribution in [3.05, 3.63) is 83.9 Å². The molecule has 0 aliphatic heterocycles. The highest BCUT2D eigenvalue weighted by atomic mass is 16.5. The number of hydrogen-bond acceptors (Lipinski definition) is 4. The molecule has 6 heteroatoms. The molecular formula is C26H29N3O3. The smallest absolute Gasteiger partial charge is 0.243 e. The second-order valence-electron chi connectivity index (χ2n) is 7.39. The van der Waals surface area contributed by atoms with E-state index in [1.807, 2.05) is 61.5 Å². The van der Waals surface area contributed by atoms with Gasteiger partial charge in [-0.25, -0.2) is 0 Å².